The summed E-state index contributed by atoms with van der Waals surface area (Å²) >= 11 is 1.66. The van der Waals surface area contributed by atoms with Crippen molar-refractivity contribution in [1.29, 1.82) is 0 Å². The standard InChI is InChI=1S/C14H18N2O2S/c15-14(18)12-3-1-6-16(9-12)10-13-11(4-2-7-17)5-8-19-13/h5,8,12,17H,1,3,6-7,9-10H2,(H2,15,18). The van der Waals surface area contributed by atoms with Crippen LogP contribution in [-0.2, 0) is 11.3 Å². The number of nitrogens with zero attached hydrogens (tertiary/aromatic N) is 1. The number of likely N-dealkylation sites (tertiary alicyclic amines) is 1. The lowest BCUT2D eigenvalue weighted by atomic mass is 9.97. The second-order valence-corrected chi connectivity index (χ2v) is 5.69. The summed E-state index contributed by atoms with van der Waals surface area (Å²) in [6.07, 6.45) is 1.91. The molecule has 0 spiro atoms. The first-order valence-corrected chi connectivity index (χ1v) is 7.26. The molecule has 102 valence electrons. The van der Waals surface area contributed by atoms with Crippen molar-refractivity contribution in [2.45, 2.75) is 19.4 Å². The first-order chi connectivity index (χ1) is 9.20. The number of carbonyl (C=O) groups excluding carboxylic acids is 1. The van der Waals surface area contributed by atoms with Crippen molar-refractivity contribution in [2.75, 3.05) is 19.7 Å². The lowest BCUT2D eigenvalue weighted by Gasteiger charge is -2.30. The number of nitrogens with two attached hydrogens (primary N) is 1. The van der Waals surface area contributed by atoms with Gasteiger partial charge in [0, 0.05) is 23.5 Å². The van der Waals surface area contributed by atoms with Gasteiger partial charge >= 0.3 is 0 Å². The average Bonchev–Trinajstić information content (AvgIpc) is 2.84. The van der Waals surface area contributed by atoms with Crippen LogP contribution in [0.4, 0.5) is 0 Å². The molecule has 0 bridgehead atoms. The molecule has 4 nitrogen and oxygen atoms in total. The number of carbonyl (C=O) groups is 1. The molecule has 0 aromatic carbocycles. The molecule has 1 saturated heterocycles. The molecule has 5 heteroatoms. The van der Waals surface area contributed by atoms with Crippen LogP contribution in [0.15, 0.2) is 11.4 Å². The number of aliphatic hydroxyl groups is 1. The van der Waals surface area contributed by atoms with Crippen LogP contribution in [-0.4, -0.2) is 35.6 Å². The smallest absolute Gasteiger partial charge is 0.221 e. The number of primary amides is 1. The molecule has 1 aliphatic rings. The molecular formula is C14H18N2O2S. The normalized spacial score (nSPS) is 19.7. The Morgan fingerprint density at radius 1 is 1.63 bits per heavy atom. The third kappa shape index (κ3) is 3.80. The Labute approximate surface area is 117 Å². The Hall–Kier alpha value is -1.35. The van der Waals surface area contributed by atoms with Gasteiger partial charge in [-0.1, -0.05) is 11.8 Å². The highest BCUT2D eigenvalue weighted by molar-refractivity contribution is 7.10. The maximum absolute atomic E-state index is 11.3. The molecule has 2 rings (SSSR count). The third-order valence-corrected chi connectivity index (χ3v) is 4.23. The molecule has 19 heavy (non-hydrogen) atoms. The van der Waals surface area contributed by atoms with E-state index < -0.39 is 0 Å². The molecule has 1 fully saturated rings. The van der Waals surface area contributed by atoms with Crippen molar-refractivity contribution in [3.05, 3.63) is 21.9 Å². The van der Waals surface area contributed by atoms with Crippen LogP contribution in [0.25, 0.3) is 0 Å². The summed E-state index contributed by atoms with van der Waals surface area (Å²) in [4.78, 5) is 14.7. The Bertz CT molecular complexity index is 501. The Morgan fingerprint density at radius 3 is 3.21 bits per heavy atom. The molecule has 1 unspecified atom stereocenters. The topological polar surface area (TPSA) is 66.6 Å². The van der Waals surface area contributed by atoms with Gasteiger partial charge in [0.25, 0.3) is 0 Å². The van der Waals surface area contributed by atoms with Gasteiger partial charge < -0.3 is 10.8 Å². The zero-order valence-corrected chi connectivity index (χ0v) is 11.6. The predicted octanol–water partition coefficient (Wildman–Crippen LogP) is 0.789. The number of hydrogen-bond acceptors (Lipinski definition) is 4. The van der Waals surface area contributed by atoms with Gasteiger partial charge in [0.1, 0.15) is 6.61 Å². The van der Waals surface area contributed by atoms with Crippen LogP contribution in [0.1, 0.15) is 23.3 Å². The predicted molar refractivity (Wildman–Crippen MR) is 75.5 cm³/mol. The summed E-state index contributed by atoms with van der Waals surface area (Å²) < 4.78 is 0. The maximum atomic E-state index is 11.3. The second-order valence-electron chi connectivity index (χ2n) is 4.69. The Balaban J connectivity index is 2.01. The van der Waals surface area contributed by atoms with E-state index in [1.54, 1.807) is 11.3 Å². The average molecular weight is 278 g/mol. The van der Waals surface area contributed by atoms with Gasteiger partial charge in [0.15, 0.2) is 0 Å². The molecule has 0 saturated carbocycles. The lowest BCUT2D eigenvalue weighted by Crippen LogP contribution is -2.40. The largest absolute Gasteiger partial charge is 0.384 e. The molecule has 1 aromatic heterocycles. The van der Waals surface area contributed by atoms with E-state index in [2.05, 4.69) is 16.7 Å². The lowest BCUT2D eigenvalue weighted by molar-refractivity contribution is -0.123. The molecule has 0 radical (unpaired) electrons. The Kier molecular flexibility index (Phi) is 4.97. The van der Waals surface area contributed by atoms with Gasteiger partial charge in [-0.05, 0) is 30.8 Å². The minimum atomic E-state index is -0.198. The van der Waals surface area contributed by atoms with Crippen molar-refractivity contribution in [1.82, 2.24) is 4.90 Å². The van der Waals surface area contributed by atoms with E-state index in [9.17, 15) is 4.79 Å². The minimum Gasteiger partial charge on any atom is -0.384 e. The van der Waals surface area contributed by atoms with Crippen LogP contribution in [0, 0.1) is 17.8 Å². The fraction of sp³-hybridized carbons (Fsp3) is 0.500. The quantitative estimate of drug-likeness (QED) is 0.803. The van der Waals surface area contributed by atoms with Gasteiger partial charge in [-0.2, -0.15) is 0 Å². The highest BCUT2D eigenvalue weighted by Gasteiger charge is 2.24. The molecular weight excluding hydrogens is 260 g/mol. The number of amides is 1. The SMILES string of the molecule is NC(=O)C1CCCN(Cc2sccc2C#CCO)C1. The summed E-state index contributed by atoms with van der Waals surface area (Å²) in [5, 5.41) is 10.7. The molecule has 3 N–H and O–H groups in total. The molecule has 1 aliphatic heterocycles. The number of piperidine rings is 1. The number of thiophene rings is 1. The second kappa shape index (κ2) is 6.71. The van der Waals surface area contributed by atoms with Crippen LogP contribution in [0.2, 0.25) is 0 Å². The minimum absolute atomic E-state index is 0.0271. The molecule has 1 atom stereocenters. The van der Waals surface area contributed by atoms with E-state index in [1.165, 1.54) is 4.88 Å². The van der Waals surface area contributed by atoms with Crippen LogP contribution >= 0.6 is 11.3 Å². The highest BCUT2D eigenvalue weighted by Crippen LogP contribution is 2.22. The fourth-order valence-electron chi connectivity index (χ4n) is 2.34. The Morgan fingerprint density at radius 2 is 2.47 bits per heavy atom. The van der Waals surface area contributed by atoms with Crippen LogP contribution < -0.4 is 5.73 Å². The maximum Gasteiger partial charge on any atom is 0.221 e. The summed E-state index contributed by atoms with van der Waals surface area (Å²) in [5.41, 5.74) is 6.36. The van der Waals surface area contributed by atoms with Crippen molar-refractivity contribution in [3.63, 3.8) is 0 Å². The molecule has 0 aliphatic carbocycles. The van der Waals surface area contributed by atoms with E-state index in [1.807, 2.05) is 11.4 Å². The van der Waals surface area contributed by atoms with Crippen molar-refractivity contribution in [2.24, 2.45) is 11.7 Å². The zero-order valence-electron chi connectivity index (χ0n) is 10.8. The van der Waals surface area contributed by atoms with E-state index in [4.69, 9.17) is 10.8 Å². The summed E-state index contributed by atoms with van der Waals surface area (Å²) in [6.45, 7) is 2.41. The van der Waals surface area contributed by atoms with Crippen molar-refractivity contribution in [3.8, 4) is 11.8 Å². The van der Waals surface area contributed by atoms with Crippen molar-refractivity contribution < 1.29 is 9.90 Å². The zero-order chi connectivity index (χ0) is 13.7. The number of aliphatic hydroxyl groups excluding tert-OH is 1. The fourth-order valence-corrected chi connectivity index (χ4v) is 3.22. The van der Waals surface area contributed by atoms with E-state index >= 15 is 0 Å². The summed E-state index contributed by atoms with van der Waals surface area (Å²) in [7, 11) is 0. The van der Waals surface area contributed by atoms with Crippen LogP contribution in [0.3, 0.4) is 0 Å². The highest BCUT2D eigenvalue weighted by atomic mass is 32.1. The monoisotopic (exact) mass is 278 g/mol. The number of rotatable bonds is 3. The molecule has 2 heterocycles. The molecule has 1 aromatic rings. The van der Waals surface area contributed by atoms with Gasteiger partial charge in [0.2, 0.25) is 5.91 Å². The van der Waals surface area contributed by atoms with E-state index in [-0.39, 0.29) is 18.4 Å². The summed E-state index contributed by atoms with van der Waals surface area (Å²) in [5.74, 6) is 5.41. The first-order valence-electron chi connectivity index (χ1n) is 6.38. The summed E-state index contributed by atoms with van der Waals surface area (Å²) in [6, 6.07) is 1.97. The third-order valence-electron chi connectivity index (χ3n) is 3.32. The van der Waals surface area contributed by atoms with Crippen LogP contribution in [0.5, 0.6) is 0 Å². The van der Waals surface area contributed by atoms with E-state index in [0.717, 1.165) is 38.0 Å². The van der Waals surface area contributed by atoms with Gasteiger partial charge in [0.05, 0.1) is 5.92 Å². The number of hydrogen-bond donors (Lipinski definition) is 2. The molecule has 1 amide bonds. The van der Waals surface area contributed by atoms with Gasteiger partial charge in [-0.25, -0.2) is 0 Å². The first kappa shape index (κ1) is 14.1. The van der Waals surface area contributed by atoms with Crippen molar-refractivity contribution >= 4 is 17.2 Å². The van der Waals surface area contributed by atoms with Gasteiger partial charge in [-0.15, -0.1) is 11.3 Å². The van der Waals surface area contributed by atoms with E-state index in [0.29, 0.717) is 0 Å². The van der Waals surface area contributed by atoms with Gasteiger partial charge in [-0.3, -0.25) is 9.69 Å².